The standard InChI is InChI=1S/C31H21Br2ClF3N3O3/c1-2-42-25-15-20(26(32)27(33)28(25)43-17-18-10-12-22(34)13-11-18)16-38-40-29(19-6-5-7-21(14-19)31(35,36)37)39-24-9-4-3-8-23(24)30(40)41/h3-16H,2,17H2,1H3. The van der Waals surface area contributed by atoms with Crippen molar-refractivity contribution in [3.8, 4) is 22.9 Å². The molecule has 220 valence electrons. The van der Waals surface area contributed by atoms with Crippen LogP contribution in [0, 0.1) is 0 Å². The first-order valence-corrected chi connectivity index (χ1v) is 14.8. The second-order valence-electron chi connectivity index (χ2n) is 9.16. The number of halogens is 6. The minimum Gasteiger partial charge on any atom is -0.490 e. The van der Waals surface area contributed by atoms with Crippen molar-refractivity contribution in [3.63, 3.8) is 0 Å². The Morgan fingerprint density at radius 2 is 1.72 bits per heavy atom. The second kappa shape index (κ2) is 12.9. The molecule has 0 aliphatic heterocycles. The van der Waals surface area contributed by atoms with Gasteiger partial charge in [0.25, 0.3) is 5.56 Å². The van der Waals surface area contributed by atoms with Gasteiger partial charge < -0.3 is 9.47 Å². The number of hydrogen-bond donors (Lipinski definition) is 0. The highest BCUT2D eigenvalue weighted by Crippen LogP contribution is 2.43. The summed E-state index contributed by atoms with van der Waals surface area (Å²) in [4.78, 5) is 18.1. The Morgan fingerprint density at radius 1 is 0.977 bits per heavy atom. The van der Waals surface area contributed by atoms with Gasteiger partial charge in [-0.25, -0.2) is 4.98 Å². The lowest BCUT2D eigenvalue weighted by Gasteiger charge is -2.16. The highest BCUT2D eigenvalue weighted by atomic mass is 79.9. The maximum atomic E-state index is 13.6. The Morgan fingerprint density at radius 3 is 2.44 bits per heavy atom. The molecule has 0 saturated heterocycles. The van der Waals surface area contributed by atoms with E-state index in [0.29, 0.717) is 43.2 Å². The third-order valence-electron chi connectivity index (χ3n) is 6.27. The number of ether oxygens (including phenoxy) is 2. The van der Waals surface area contributed by atoms with Gasteiger partial charge in [0.15, 0.2) is 17.3 Å². The van der Waals surface area contributed by atoms with E-state index in [2.05, 4.69) is 41.9 Å². The van der Waals surface area contributed by atoms with E-state index in [-0.39, 0.29) is 23.4 Å². The third kappa shape index (κ3) is 6.79. The molecule has 0 bridgehead atoms. The van der Waals surface area contributed by atoms with Gasteiger partial charge in [0, 0.05) is 20.6 Å². The molecule has 0 N–H and O–H groups in total. The quantitative estimate of drug-likeness (QED) is 0.149. The van der Waals surface area contributed by atoms with E-state index < -0.39 is 17.3 Å². The van der Waals surface area contributed by atoms with E-state index in [1.54, 1.807) is 42.5 Å². The molecule has 1 aromatic heterocycles. The van der Waals surface area contributed by atoms with Crippen LogP contribution in [0.1, 0.15) is 23.6 Å². The number of rotatable bonds is 8. The van der Waals surface area contributed by atoms with Gasteiger partial charge in [0.1, 0.15) is 6.61 Å². The van der Waals surface area contributed by atoms with Crippen LogP contribution in [0.5, 0.6) is 11.5 Å². The van der Waals surface area contributed by atoms with Crippen LogP contribution in [0.2, 0.25) is 5.02 Å². The lowest BCUT2D eigenvalue weighted by atomic mass is 10.1. The molecule has 0 radical (unpaired) electrons. The number of alkyl halides is 3. The SMILES string of the molecule is CCOc1cc(C=Nn2c(-c3cccc(C(F)(F)F)c3)nc3ccccc3c2=O)c(Br)c(Br)c1OCc1ccc(Cl)cc1. The molecule has 0 aliphatic carbocycles. The minimum atomic E-state index is -4.58. The first kappa shape index (κ1) is 30.8. The number of para-hydroxylation sites is 1. The van der Waals surface area contributed by atoms with E-state index in [1.165, 1.54) is 18.3 Å². The molecular weight excluding hydrogens is 715 g/mol. The maximum absolute atomic E-state index is 13.6. The van der Waals surface area contributed by atoms with Crippen molar-refractivity contribution >= 4 is 60.6 Å². The monoisotopic (exact) mass is 733 g/mol. The highest BCUT2D eigenvalue weighted by molar-refractivity contribution is 9.13. The van der Waals surface area contributed by atoms with Crippen LogP contribution in [0.25, 0.3) is 22.3 Å². The van der Waals surface area contributed by atoms with Crippen LogP contribution in [-0.2, 0) is 12.8 Å². The van der Waals surface area contributed by atoms with Crippen molar-refractivity contribution in [1.82, 2.24) is 9.66 Å². The second-order valence-corrected chi connectivity index (χ2v) is 11.2. The zero-order valence-electron chi connectivity index (χ0n) is 22.3. The normalized spacial score (nSPS) is 11.8. The molecule has 0 unspecified atom stereocenters. The van der Waals surface area contributed by atoms with Crippen LogP contribution in [-0.4, -0.2) is 22.5 Å². The maximum Gasteiger partial charge on any atom is 0.416 e. The zero-order chi connectivity index (χ0) is 30.7. The van der Waals surface area contributed by atoms with Crippen LogP contribution >= 0.6 is 43.5 Å². The topological polar surface area (TPSA) is 65.7 Å². The van der Waals surface area contributed by atoms with E-state index in [1.807, 2.05) is 19.1 Å². The summed E-state index contributed by atoms with van der Waals surface area (Å²) in [5, 5.41) is 5.28. The molecule has 0 saturated carbocycles. The van der Waals surface area contributed by atoms with Gasteiger partial charge in [-0.3, -0.25) is 4.79 Å². The number of aromatic nitrogens is 2. The molecule has 5 rings (SSSR count). The van der Waals surface area contributed by atoms with E-state index >= 15 is 0 Å². The first-order valence-electron chi connectivity index (χ1n) is 12.8. The number of benzene rings is 4. The summed E-state index contributed by atoms with van der Waals surface area (Å²) in [6.07, 6.45) is -3.18. The molecule has 0 amide bonds. The smallest absolute Gasteiger partial charge is 0.416 e. The van der Waals surface area contributed by atoms with Crippen molar-refractivity contribution in [2.45, 2.75) is 19.7 Å². The Bertz CT molecular complexity index is 1890. The van der Waals surface area contributed by atoms with Gasteiger partial charge in [-0.2, -0.15) is 22.9 Å². The Labute approximate surface area is 266 Å². The molecule has 12 heteroatoms. The van der Waals surface area contributed by atoms with E-state index in [4.69, 9.17) is 21.1 Å². The first-order chi connectivity index (χ1) is 20.6. The average Bonchev–Trinajstić information content (AvgIpc) is 2.99. The summed E-state index contributed by atoms with van der Waals surface area (Å²) in [6, 6.07) is 20.1. The summed E-state index contributed by atoms with van der Waals surface area (Å²) in [5.41, 5.74) is 0.393. The lowest BCUT2D eigenvalue weighted by molar-refractivity contribution is -0.137. The van der Waals surface area contributed by atoms with Gasteiger partial charge in [-0.1, -0.05) is 48.0 Å². The summed E-state index contributed by atoms with van der Waals surface area (Å²) in [5.74, 6) is 0.805. The van der Waals surface area contributed by atoms with Crippen molar-refractivity contribution in [3.05, 3.63) is 120 Å². The number of nitrogens with zero attached hydrogens (tertiary/aromatic N) is 3. The van der Waals surface area contributed by atoms with Crippen molar-refractivity contribution in [2.24, 2.45) is 5.10 Å². The van der Waals surface area contributed by atoms with Crippen LogP contribution in [0.4, 0.5) is 13.2 Å². The minimum absolute atomic E-state index is 0.0470. The van der Waals surface area contributed by atoms with Crippen molar-refractivity contribution in [1.29, 1.82) is 0 Å². The van der Waals surface area contributed by atoms with Crippen molar-refractivity contribution < 1.29 is 22.6 Å². The Balaban J connectivity index is 1.59. The fraction of sp³-hybridized carbons (Fsp3) is 0.129. The van der Waals surface area contributed by atoms with Gasteiger partial charge in [0.2, 0.25) is 0 Å². The molecule has 6 nitrogen and oxygen atoms in total. The van der Waals surface area contributed by atoms with Crippen molar-refractivity contribution in [2.75, 3.05) is 6.61 Å². The number of hydrogen-bond acceptors (Lipinski definition) is 5. The molecule has 0 aliphatic rings. The fourth-order valence-electron chi connectivity index (χ4n) is 4.20. The molecule has 0 spiro atoms. The van der Waals surface area contributed by atoms with Crippen LogP contribution in [0.15, 0.2) is 97.7 Å². The average molecular weight is 736 g/mol. The predicted molar refractivity (Wildman–Crippen MR) is 168 cm³/mol. The summed E-state index contributed by atoms with van der Waals surface area (Å²) < 4.78 is 54.5. The van der Waals surface area contributed by atoms with E-state index in [0.717, 1.165) is 22.4 Å². The third-order valence-corrected chi connectivity index (χ3v) is 8.66. The lowest BCUT2D eigenvalue weighted by Crippen LogP contribution is -2.20. The Hall–Kier alpha value is -3.67. The molecule has 0 fully saturated rings. The largest absolute Gasteiger partial charge is 0.490 e. The molecular formula is C31H21Br2ClF3N3O3. The highest BCUT2D eigenvalue weighted by Gasteiger charge is 2.31. The van der Waals surface area contributed by atoms with Gasteiger partial charge >= 0.3 is 6.18 Å². The number of fused-ring (bicyclic) bond motifs is 1. The summed E-state index contributed by atoms with van der Waals surface area (Å²) in [6.45, 7) is 2.41. The molecule has 0 atom stereocenters. The fourth-order valence-corrected chi connectivity index (χ4v) is 5.27. The van der Waals surface area contributed by atoms with Gasteiger partial charge in [0.05, 0.1) is 33.8 Å². The van der Waals surface area contributed by atoms with Crippen LogP contribution in [0.3, 0.4) is 0 Å². The summed E-state index contributed by atoms with van der Waals surface area (Å²) in [7, 11) is 0. The predicted octanol–water partition coefficient (Wildman–Crippen LogP) is 9.12. The van der Waals surface area contributed by atoms with Gasteiger partial charge in [-0.05, 0) is 86.8 Å². The molecule has 5 aromatic rings. The summed E-state index contributed by atoms with van der Waals surface area (Å²) >= 11 is 13.1. The molecule has 1 heterocycles. The zero-order valence-corrected chi connectivity index (χ0v) is 26.3. The van der Waals surface area contributed by atoms with Gasteiger partial charge in [-0.15, -0.1) is 0 Å². The molecule has 4 aromatic carbocycles. The molecule has 43 heavy (non-hydrogen) atoms. The Kier molecular flexibility index (Phi) is 9.24. The van der Waals surface area contributed by atoms with Crippen LogP contribution < -0.4 is 15.0 Å². The van der Waals surface area contributed by atoms with E-state index in [9.17, 15) is 18.0 Å².